The monoisotopic (exact) mass is 252 g/mol. The number of aromatic amines is 1. The molecule has 1 atom stereocenters. The number of aliphatic hydroxyl groups excluding tert-OH is 1. The normalized spacial score (nSPS) is 12.9. The molecule has 3 N–H and O–H groups in total. The van der Waals surface area contributed by atoms with E-state index in [2.05, 4.69) is 30.2 Å². The Morgan fingerprint density at radius 1 is 1.41 bits per heavy atom. The number of hydrogen-bond acceptors (Lipinski definition) is 2. The van der Waals surface area contributed by atoms with Crippen LogP contribution in [-0.2, 0) is 0 Å². The smallest absolute Gasteiger partial charge is 0.0847 e. The van der Waals surface area contributed by atoms with E-state index in [0.29, 0.717) is 6.54 Å². The molecule has 92 valence electrons. The topological polar surface area (TPSA) is 48.0 Å². The van der Waals surface area contributed by atoms with Crippen molar-refractivity contribution in [3.05, 3.63) is 29.5 Å². The minimum atomic E-state index is -0.513. The summed E-state index contributed by atoms with van der Waals surface area (Å²) in [7, 11) is 0. The molecule has 0 bridgehead atoms. The molecule has 0 saturated heterocycles. The molecule has 0 fully saturated rings. The Morgan fingerprint density at radius 2 is 2.18 bits per heavy atom. The number of halogens is 1. The number of H-pyrrole nitrogens is 1. The van der Waals surface area contributed by atoms with Gasteiger partial charge in [-0.1, -0.05) is 0 Å². The molecular weight excluding hydrogens is 236 g/mol. The molecular formula is C13H17ClN2O. The van der Waals surface area contributed by atoms with Crippen molar-refractivity contribution in [3.8, 4) is 0 Å². The fourth-order valence-corrected chi connectivity index (χ4v) is 1.97. The summed E-state index contributed by atoms with van der Waals surface area (Å²) in [5.41, 5.74) is 4.60. The van der Waals surface area contributed by atoms with Crippen LogP contribution in [-0.4, -0.2) is 28.6 Å². The van der Waals surface area contributed by atoms with Gasteiger partial charge in [0.2, 0.25) is 0 Å². The maximum atomic E-state index is 9.39. The molecule has 2 aromatic rings. The Kier molecular flexibility index (Phi) is 3.60. The van der Waals surface area contributed by atoms with E-state index in [0.717, 1.165) is 11.2 Å². The molecule has 0 aliphatic carbocycles. The molecule has 0 aliphatic rings. The predicted molar refractivity (Wildman–Crippen MR) is 73.0 cm³/mol. The van der Waals surface area contributed by atoms with Gasteiger partial charge in [-0.25, -0.2) is 0 Å². The van der Waals surface area contributed by atoms with E-state index in [1.807, 2.05) is 12.1 Å². The van der Waals surface area contributed by atoms with Crippen molar-refractivity contribution in [2.24, 2.45) is 0 Å². The molecule has 1 unspecified atom stereocenters. The second-order valence-corrected chi connectivity index (χ2v) is 4.63. The summed E-state index contributed by atoms with van der Waals surface area (Å²) in [5, 5.41) is 13.8. The summed E-state index contributed by atoms with van der Waals surface area (Å²) < 4.78 is 0. The van der Waals surface area contributed by atoms with Gasteiger partial charge in [0, 0.05) is 28.8 Å². The summed E-state index contributed by atoms with van der Waals surface area (Å²) >= 11 is 5.55. The van der Waals surface area contributed by atoms with Crippen molar-refractivity contribution in [2.75, 3.05) is 17.7 Å². The zero-order chi connectivity index (χ0) is 12.4. The molecule has 1 aromatic heterocycles. The van der Waals surface area contributed by atoms with Crippen LogP contribution in [0.3, 0.4) is 0 Å². The number of fused-ring (bicyclic) bond motifs is 1. The number of hydrogen-bond donors (Lipinski definition) is 3. The van der Waals surface area contributed by atoms with Crippen molar-refractivity contribution in [3.63, 3.8) is 0 Å². The van der Waals surface area contributed by atoms with Crippen LogP contribution < -0.4 is 5.32 Å². The second-order valence-electron chi connectivity index (χ2n) is 4.32. The van der Waals surface area contributed by atoms with Crippen LogP contribution in [0.25, 0.3) is 10.9 Å². The molecule has 3 nitrogen and oxygen atoms in total. The summed E-state index contributed by atoms with van der Waals surface area (Å²) in [6, 6.07) is 6.14. The Morgan fingerprint density at radius 3 is 2.88 bits per heavy atom. The average Bonchev–Trinajstić information content (AvgIpc) is 2.62. The number of rotatable bonds is 4. The fraction of sp³-hybridized carbons (Fsp3) is 0.385. The van der Waals surface area contributed by atoms with Gasteiger partial charge in [-0.15, -0.1) is 11.6 Å². The highest BCUT2D eigenvalue weighted by Crippen LogP contribution is 2.24. The molecule has 0 radical (unpaired) electrons. The van der Waals surface area contributed by atoms with Crippen LogP contribution in [0.15, 0.2) is 18.2 Å². The highest BCUT2D eigenvalue weighted by Gasteiger charge is 2.06. The number of alkyl halides is 1. The van der Waals surface area contributed by atoms with E-state index in [9.17, 15) is 5.11 Å². The van der Waals surface area contributed by atoms with Crippen LogP contribution in [0, 0.1) is 13.8 Å². The largest absolute Gasteiger partial charge is 0.390 e. The molecule has 17 heavy (non-hydrogen) atoms. The van der Waals surface area contributed by atoms with E-state index in [-0.39, 0.29) is 5.88 Å². The van der Waals surface area contributed by atoms with Gasteiger partial charge in [0.25, 0.3) is 0 Å². The van der Waals surface area contributed by atoms with E-state index < -0.39 is 6.10 Å². The summed E-state index contributed by atoms with van der Waals surface area (Å²) in [6.07, 6.45) is -0.513. The lowest BCUT2D eigenvalue weighted by Gasteiger charge is -2.10. The van der Waals surface area contributed by atoms with Crippen molar-refractivity contribution in [1.29, 1.82) is 0 Å². The molecule has 0 saturated carbocycles. The van der Waals surface area contributed by atoms with E-state index in [4.69, 9.17) is 11.6 Å². The van der Waals surface area contributed by atoms with Gasteiger partial charge in [0.05, 0.1) is 12.0 Å². The third-order valence-electron chi connectivity index (χ3n) is 3.03. The van der Waals surface area contributed by atoms with Crippen molar-refractivity contribution < 1.29 is 5.11 Å². The van der Waals surface area contributed by atoms with Crippen molar-refractivity contribution >= 4 is 28.2 Å². The van der Waals surface area contributed by atoms with E-state index in [1.54, 1.807) is 0 Å². The Hall–Kier alpha value is -1.19. The number of anilines is 1. The quantitative estimate of drug-likeness (QED) is 0.733. The predicted octanol–water partition coefficient (Wildman–Crippen LogP) is 2.80. The first-order valence-corrected chi connectivity index (χ1v) is 6.22. The van der Waals surface area contributed by atoms with Gasteiger partial charge in [-0.3, -0.25) is 0 Å². The minimum Gasteiger partial charge on any atom is -0.390 e. The lowest BCUT2D eigenvalue weighted by atomic mass is 10.1. The highest BCUT2D eigenvalue weighted by atomic mass is 35.5. The van der Waals surface area contributed by atoms with Gasteiger partial charge in [0.15, 0.2) is 0 Å². The third-order valence-corrected chi connectivity index (χ3v) is 3.38. The lowest BCUT2D eigenvalue weighted by molar-refractivity contribution is 0.211. The third kappa shape index (κ3) is 2.56. The first kappa shape index (κ1) is 12.3. The van der Waals surface area contributed by atoms with Gasteiger partial charge in [0.1, 0.15) is 0 Å². The number of aryl methyl sites for hydroxylation is 2. The van der Waals surface area contributed by atoms with Crippen LogP contribution in [0.2, 0.25) is 0 Å². The number of benzene rings is 1. The highest BCUT2D eigenvalue weighted by molar-refractivity contribution is 6.18. The van der Waals surface area contributed by atoms with Crippen LogP contribution >= 0.6 is 11.6 Å². The average molecular weight is 253 g/mol. The van der Waals surface area contributed by atoms with Gasteiger partial charge >= 0.3 is 0 Å². The molecule has 0 amide bonds. The summed E-state index contributed by atoms with van der Waals surface area (Å²) in [4.78, 5) is 3.33. The Balaban J connectivity index is 2.22. The van der Waals surface area contributed by atoms with Crippen LogP contribution in [0.4, 0.5) is 5.69 Å². The fourth-order valence-electron chi connectivity index (χ4n) is 1.86. The zero-order valence-corrected chi connectivity index (χ0v) is 10.8. The molecule has 4 heteroatoms. The van der Waals surface area contributed by atoms with Gasteiger partial charge in [-0.05, 0) is 37.6 Å². The lowest BCUT2D eigenvalue weighted by Crippen LogP contribution is -2.20. The van der Waals surface area contributed by atoms with E-state index in [1.165, 1.54) is 16.6 Å². The number of nitrogens with one attached hydrogen (secondary N) is 2. The summed E-state index contributed by atoms with van der Waals surface area (Å²) in [6.45, 7) is 4.64. The Labute approximate surface area is 106 Å². The SMILES string of the molecule is Cc1[nH]c2ccc(NCC(O)CCl)cc2c1C. The van der Waals surface area contributed by atoms with E-state index >= 15 is 0 Å². The van der Waals surface area contributed by atoms with Crippen molar-refractivity contribution in [2.45, 2.75) is 20.0 Å². The molecule has 1 heterocycles. The Bertz CT molecular complexity index is 521. The maximum Gasteiger partial charge on any atom is 0.0847 e. The first-order chi connectivity index (χ1) is 8.11. The minimum absolute atomic E-state index is 0.248. The van der Waals surface area contributed by atoms with Crippen LogP contribution in [0.1, 0.15) is 11.3 Å². The standard InChI is InChI=1S/C13H17ClN2O/c1-8-9(2)16-13-4-3-10(5-12(8)13)15-7-11(17)6-14/h3-5,11,15-17H,6-7H2,1-2H3. The molecule has 1 aromatic carbocycles. The molecule has 2 rings (SSSR count). The first-order valence-electron chi connectivity index (χ1n) is 5.68. The van der Waals surface area contributed by atoms with Crippen molar-refractivity contribution in [1.82, 2.24) is 4.98 Å². The maximum absolute atomic E-state index is 9.39. The summed E-state index contributed by atoms with van der Waals surface area (Å²) in [5.74, 6) is 0.248. The van der Waals surface area contributed by atoms with Gasteiger partial charge in [-0.2, -0.15) is 0 Å². The molecule has 0 aliphatic heterocycles. The number of aliphatic hydroxyl groups is 1. The number of aromatic nitrogens is 1. The second kappa shape index (κ2) is 4.98. The molecule has 0 spiro atoms. The van der Waals surface area contributed by atoms with Gasteiger partial charge < -0.3 is 15.4 Å². The van der Waals surface area contributed by atoms with Crippen LogP contribution in [0.5, 0.6) is 0 Å². The zero-order valence-electron chi connectivity index (χ0n) is 10.0.